The summed E-state index contributed by atoms with van der Waals surface area (Å²) in [5.41, 5.74) is 1.26. The summed E-state index contributed by atoms with van der Waals surface area (Å²) in [6, 6.07) is 4.76. The summed E-state index contributed by atoms with van der Waals surface area (Å²) in [5.74, 6) is 0. The highest BCUT2D eigenvalue weighted by molar-refractivity contribution is 7.93. The van der Waals surface area contributed by atoms with Crippen molar-refractivity contribution in [3.05, 3.63) is 36.2 Å². The van der Waals surface area contributed by atoms with Crippen molar-refractivity contribution in [3.63, 3.8) is 0 Å². The van der Waals surface area contributed by atoms with Crippen LogP contribution < -0.4 is 4.31 Å². The topological polar surface area (TPSA) is 103 Å². The summed E-state index contributed by atoms with van der Waals surface area (Å²) < 4.78 is 53.8. The molecule has 0 radical (unpaired) electrons. The van der Waals surface area contributed by atoms with Gasteiger partial charge in [-0.15, -0.1) is 0 Å². The van der Waals surface area contributed by atoms with Crippen LogP contribution in [0.5, 0.6) is 0 Å². The largest absolute Gasteiger partial charge is 0.284 e. The average Bonchev–Trinajstić information content (AvgIpc) is 3.34. The molecular weight excluding hydrogens is 364 g/mol. The van der Waals surface area contributed by atoms with Crippen LogP contribution in [-0.4, -0.2) is 51.0 Å². The maximum absolute atomic E-state index is 12.8. The van der Waals surface area contributed by atoms with Crippen LogP contribution in [-0.2, 0) is 26.5 Å². The van der Waals surface area contributed by atoms with Crippen molar-refractivity contribution < 1.29 is 16.8 Å². The molecule has 4 rings (SSSR count). The quantitative estimate of drug-likeness (QED) is 0.848. The molecule has 134 valence electrons. The number of sulfonamides is 2. The Balaban J connectivity index is 1.75. The summed E-state index contributed by atoms with van der Waals surface area (Å²) in [6.07, 6.45) is 4.82. The number of H-pyrrole nitrogens is 1. The van der Waals surface area contributed by atoms with E-state index < -0.39 is 20.0 Å². The third-order valence-corrected chi connectivity index (χ3v) is 8.35. The molecule has 0 saturated carbocycles. The predicted octanol–water partition coefficient (Wildman–Crippen LogP) is 0.946. The lowest BCUT2D eigenvalue weighted by Gasteiger charge is -2.20. The van der Waals surface area contributed by atoms with E-state index >= 15 is 0 Å². The molecule has 3 heterocycles. The third-order valence-electron chi connectivity index (χ3n) is 4.67. The third kappa shape index (κ3) is 2.64. The van der Waals surface area contributed by atoms with Crippen LogP contribution in [0, 0.1) is 0 Å². The Morgan fingerprint density at radius 3 is 2.40 bits per heavy atom. The van der Waals surface area contributed by atoms with E-state index in [0.29, 0.717) is 25.2 Å². The number of aromatic nitrogens is 2. The van der Waals surface area contributed by atoms with Gasteiger partial charge in [-0.1, -0.05) is 6.07 Å². The van der Waals surface area contributed by atoms with Gasteiger partial charge in [-0.3, -0.25) is 9.40 Å². The van der Waals surface area contributed by atoms with Gasteiger partial charge < -0.3 is 0 Å². The number of nitrogens with one attached hydrogen (secondary N) is 1. The van der Waals surface area contributed by atoms with Gasteiger partial charge >= 0.3 is 0 Å². The van der Waals surface area contributed by atoms with Crippen molar-refractivity contribution in [1.82, 2.24) is 14.5 Å². The molecule has 1 N–H and O–H groups in total. The lowest BCUT2D eigenvalue weighted by Crippen LogP contribution is -2.30. The molecule has 1 fully saturated rings. The minimum atomic E-state index is -3.76. The number of benzene rings is 1. The Hall–Kier alpha value is -1.91. The number of hydrogen-bond acceptors (Lipinski definition) is 5. The fraction of sp³-hybridized carbons (Fsp3) is 0.400. The standard InChI is InChI=1S/C15H18N4O4S2/c20-24(21,18-6-1-2-7-18)13-4-3-12-5-8-19(15(12)9-13)25(22,23)14-10-16-17-11-14/h3-4,9-11H,1-2,5-8H2,(H,16,17). The van der Waals surface area contributed by atoms with Gasteiger partial charge in [0.05, 0.1) is 16.8 Å². The Labute approximate surface area is 146 Å². The number of aromatic amines is 1. The second kappa shape index (κ2) is 5.82. The first-order valence-corrected chi connectivity index (χ1v) is 10.9. The minimum Gasteiger partial charge on any atom is -0.284 e. The summed E-state index contributed by atoms with van der Waals surface area (Å²) >= 11 is 0. The van der Waals surface area contributed by atoms with E-state index in [1.54, 1.807) is 12.1 Å². The molecule has 1 saturated heterocycles. The van der Waals surface area contributed by atoms with Gasteiger partial charge in [-0.25, -0.2) is 16.8 Å². The molecule has 2 aliphatic heterocycles. The normalized spacial score (nSPS) is 18.6. The maximum atomic E-state index is 12.8. The highest BCUT2D eigenvalue weighted by Crippen LogP contribution is 2.35. The molecule has 10 heteroatoms. The molecule has 0 unspecified atom stereocenters. The molecule has 2 aromatic rings. The van der Waals surface area contributed by atoms with Gasteiger partial charge in [0.2, 0.25) is 10.0 Å². The highest BCUT2D eigenvalue weighted by atomic mass is 32.2. The molecule has 2 aliphatic rings. The Kier molecular flexibility index (Phi) is 3.85. The Morgan fingerprint density at radius 2 is 1.72 bits per heavy atom. The first-order valence-electron chi connectivity index (χ1n) is 8.05. The Morgan fingerprint density at radius 1 is 0.960 bits per heavy atom. The van der Waals surface area contributed by atoms with Crippen molar-refractivity contribution in [3.8, 4) is 0 Å². The van der Waals surface area contributed by atoms with Crippen LogP contribution in [0.4, 0.5) is 5.69 Å². The van der Waals surface area contributed by atoms with Crippen molar-refractivity contribution >= 4 is 25.7 Å². The smallest absolute Gasteiger partial charge is 0.267 e. The summed E-state index contributed by atoms with van der Waals surface area (Å²) in [5, 5.41) is 6.19. The predicted molar refractivity (Wildman–Crippen MR) is 91.3 cm³/mol. The van der Waals surface area contributed by atoms with Crippen LogP contribution in [0.25, 0.3) is 0 Å². The van der Waals surface area contributed by atoms with Crippen LogP contribution in [0.1, 0.15) is 18.4 Å². The molecule has 0 bridgehead atoms. The second-order valence-corrected chi connectivity index (χ2v) is 9.96. The van der Waals surface area contributed by atoms with Crippen LogP contribution in [0.2, 0.25) is 0 Å². The molecule has 0 atom stereocenters. The SMILES string of the molecule is O=S(=O)(c1ccc2c(c1)N(S(=O)(=O)c1cn[nH]c1)CC2)N1CCCC1. The molecule has 25 heavy (non-hydrogen) atoms. The van der Waals surface area contributed by atoms with E-state index in [1.807, 2.05) is 0 Å². The van der Waals surface area contributed by atoms with E-state index in [4.69, 9.17) is 0 Å². The number of hydrogen-bond donors (Lipinski definition) is 1. The first kappa shape index (κ1) is 16.6. The van der Waals surface area contributed by atoms with E-state index in [2.05, 4.69) is 10.2 Å². The van der Waals surface area contributed by atoms with Crippen LogP contribution in [0.15, 0.2) is 40.4 Å². The molecule has 0 spiro atoms. The lowest BCUT2D eigenvalue weighted by molar-refractivity contribution is 0.477. The zero-order chi connectivity index (χ0) is 17.7. The number of rotatable bonds is 4. The highest BCUT2D eigenvalue weighted by Gasteiger charge is 2.34. The molecule has 0 aliphatic carbocycles. The number of anilines is 1. The zero-order valence-corrected chi connectivity index (χ0v) is 15.1. The molecule has 8 nitrogen and oxygen atoms in total. The monoisotopic (exact) mass is 382 g/mol. The number of fused-ring (bicyclic) bond motifs is 1. The molecule has 1 aromatic carbocycles. The van der Waals surface area contributed by atoms with Gasteiger partial charge in [0.15, 0.2) is 0 Å². The molecular formula is C15H18N4O4S2. The van der Waals surface area contributed by atoms with Crippen LogP contribution in [0.3, 0.4) is 0 Å². The van der Waals surface area contributed by atoms with E-state index in [0.717, 1.165) is 18.4 Å². The molecule has 1 aromatic heterocycles. The second-order valence-electron chi connectivity index (χ2n) is 6.16. The fourth-order valence-electron chi connectivity index (χ4n) is 3.32. The molecule has 0 amide bonds. The van der Waals surface area contributed by atoms with Gasteiger partial charge in [0.1, 0.15) is 4.90 Å². The first-order chi connectivity index (χ1) is 11.9. The zero-order valence-electron chi connectivity index (χ0n) is 13.4. The summed E-state index contributed by atoms with van der Waals surface area (Å²) in [6.45, 7) is 1.31. The van der Waals surface area contributed by atoms with E-state index in [9.17, 15) is 16.8 Å². The van der Waals surface area contributed by atoms with Crippen LogP contribution >= 0.6 is 0 Å². The minimum absolute atomic E-state index is 0.0631. The fourth-order valence-corrected chi connectivity index (χ4v) is 6.26. The van der Waals surface area contributed by atoms with Crippen molar-refractivity contribution in [2.45, 2.75) is 29.1 Å². The van der Waals surface area contributed by atoms with Gasteiger partial charge in [-0.2, -0.15) is 9.40 Å². The average molecular weight is 382 g/mol. The lowest BCUT2D eigenvalue weighted by atomic mass is 10.2. The van der Waals surface area contributed by atoms with Gasteiger partial charge in [0, 0.05) is 25.8 Å². The van der Waals surface area contributed by atoms with E-state index in [1.165, 1.54) is 27.1 Å². The summed E-state index contributed by atoms with van der Waals surface area (Å²) in [7, 11) is -7.35. The summed E-state index contributed by atoms with van der Waals surface area (Å²) in [4.78, 5) is 0.204. The van der Waals surface area contributed by atoms with E-state index in [-0.39, 0.29) is 16.3 Å². The van der Waals surface area contributed by atoms with Crippen molar-refractivity contribution in [2.24, 2.45) is 0 Å². The Bertz CT molecular complexity index is 994. The van der Waals surface area contributed by atoms with Gasteiger partial charge in [-0.05, 0) is 37.0 Å². The van der Waals surface area contributed by atoms with Gasteiger partial charge in [0.25, 0.3) is 10.0 Å². The maximum Gasteiger partial charge on any atom is 0.267 e. The van der Waals surface area contributed by atoms with Crippen molar-refractivity contribution in [1.29, 1.82) is 0 Å². The number of nitrogens with zero attached hydrogens (tertiary/aromatic N) is 3. The van der Waals surface area contributed by atoms with Crippen molar-refractivity contribution in [2.75, 3.05) is 23.9 Å².